The van der Waals surface area contributed by atoms with Crippen molar-refractivity contribution in [2.75, 3.05) is 5.73 Å². The number of aromatic nitrogens is 3. The molecule has 2 aromatic carbocycles. The van der Waals surface area contributed by atoms with Crippen molar-refractivity contribution in [2.45, 2.75) is 6.61 Å². The zero-order valence-corrected chi connectivity index (χ0v) is 11.2. The topological polar surface area (TPSA) is 97.1 Å². The molecule has 0 saturated heterocycles. The van der Waals surface area contributed by atoms with E-state index in [1.54, 1.807) is 30.3 Å². The number of para-hydroxylation sites is 2. The van der Waals surface area contributed by atoms with Crippen LogP contribution in [0.25, 0.3) is 11.4 Å². The molecule has 6 heteroatoms. The number of nitrogens with two attached hydrogens (primary N) is 1. The summed E-state index contributed by atoms with van der Waals surface area (Å²) in [6, 6.07) is 14.0. The lowest BCUT2D eigenvalue weighted by Gasteiger charge is -2.05. The number of hydrogen-bond donors (Lipinski definition) is 3. The monoisotopic (exact) mass is 282 g/mol. The van der Waals surface area contributed by atoms with Crippen LogP contribution in [0, 0.1) is 0 Å². The van der Waals surface area contributed by atoms with Gasteiger partial charge in [0.1, 0.15) is 18.1 Å². The molecule has 0 aliphatic carbocycles. The number of phenols is 1. The van der Waals surface area contributed by atoms with Gasteiger partial charge in [0.2, 0.25) is 0 Å². The first-order chi connectivity index (χ1) is 10.2. The van der Waals surface area contributed by atoms with Gasteiger partial charge in [0.05, 0.1) is 5.69 Å². The summed E-state index contributed by atoms with van der Waals surface area (Å²) in [5.74, 6) is 1.86. The molecule has 0 aliphatic rings. The van der Waals surface area contributed by atoms with E-state index in [4.69, 9.17) is 10.5 Å². The molecule has 0 atom stereocenters. The Hall–Kier alpha value is -3.02. The molecule has 0 aliphatic heterocycles. The van der Waals surface area contributed by atoms with E-state index in [1.807, 2.05) is 18.2 Å². The Balaban J connectivity index is 1.72. The number of rotatable bonds is 4. The van der Waals surface area contributed by atoms with Crippen molar-refractivity contribution in [3.05, 3.63) is 54.4 Å². The lowest BCUT2D eigenvalue weighted by molar-refractivity contribution is 0.298. The summed E-state index contributed by atoms with van der Waals surface area (Å²) in [6.45, 7) is 0.236. The van der Waals surface area contributed by atoms with Crippen LogP contribution >= 0.6 is 0 Å². The summed E-state index contributed by atoms with van der Waals surface area (Å²) in [5.41, 5.74) is 7.11. The van der Waals surface area contributed by atoms with Gasteiger partial charge in [-0.25, -0.2) is 4.98 Å². The highest BCUT2D eigenvalue weighted by atomic mass is 16.5. The number of hydrogen-bond acceptors (Lipinski definition) is 5. The summed E-state index contributed by atoms with van der Waals surface area (Å²) in [4.78, 5) is 4.32. The number of phenolic OH excluding ortho intramolecular Hbond substituents is 1. The first kappa shape index (κ1) is 13.0. The van der Waals surface area contributed by atoms with Gasteiger partial charge in [0.15, 0.2) is 11.6 Å². The summed E-state index contributed by atoms with van der Waals surface area (Å²) < 4.78 is 5.59. The highest BCUT2D eigenvalue weighted by molar-refractivity contribution is 5.56. The first-order valence-corrected chi connectivity index (χ1v) is 6.40. The number of ether oxygens (including phenoxy) is 1. The van der Waals surface area contributed by atoms with Gasteiger partial charge in [0.25, 0.3) is 0 Å². The van der Waals surface area contributed by atoms with E-state index in [0.29, 0.717) is 23.1 Å². The van der Waals surface area contributed by atoms with Gasteiger partial charge in [-0.15, -0.1) is 0 Å². The Labute approximate surface area is 121 Å². The molecule has 1 heterocycles. The van der Waals surface area contributed by atoms with Crippen molar-refractivity contribution in [1.29, 1.82) is 0 Å². The van der Waals surface area contributed by atoms with Gasteiger partial charge in [0, 0.05) is 5.56 Å². The molecule has 0 fully saturated rings. The average molecular weight is 282 g/mol. The molecule has 3 rings (SSSR count). The molecule has 0 amide bonds. The van der Waals surface area contributed by atoms with E-state index in [1.165, 1.54) is 0 Å². The highest BCUT2D eigenvalue weighted by Crippen LogP contribution is 2.22. The maximum Gasteiger partial charge on any atom is 0.181 e. The van der Waals surface area contributed by atoms with E-state index in [2.05, 4.69) is 15.2 Å². The van der Waals surface area contributed by atoms with Crippen LogP contribution in [-0.2, 0) is 6.61 Å². The molecule has 1 aromatic heterocycles. The van der Waals surface area contributed by atoms with Gasteiger partial charge >= 0.3 is 0 Å². The van der Waals surface area contributed by atoms with Gasteiger partial charge in [-0.3, -0.25) is 5.10 Å². The van der Waals surface area contributed by atoms with Crippen LogP contribution in [-0.4, -0.2) is 20.3 Å². The first-order valence-electron chi connectivity index (χ1n) is 6.40. The predicted octanol–water partition coefficient (Wildman–Crippen LogP) is 2.34. The fraction of sp³-hybridized carbons (Fsp3) is 0.0667. The van der Waals surface area contributed by atoms with Crippen LogP contribution < -0.4 is 10.5 Å². The molecule has 0 spiro atoms. The number of anilines is 1. The van der Waals surface area contributed by atoms with Crippen LogP contribution in [0.3, 0.4) is 0 Å². The average Bonchev–Trinajstić information content (AvgIpc) is 2.95. The molecule has 106 valence electrons. The highest BCUT2D eigenvalue weighted by Gasteiger charge is 2.07. The minimum Gasteiger partial charge on any atom is -0.508 e. The molecule has 0 unspecified atom stereocenters. The lowest BCUT2D eigenvalue weighted by atomic mass is 10.2. The van der Waals surface area contributed by atoms with Crippen molar-refractivity contribution in [2.24, 2.45) is 0 Å². The zero-order chi connectivity index (χ0) is 14.7. The van der Waals surface area contributed by atoms with Crippen LogP contribution in [0.15, 0.2) is 48.5 Å². The third-order valence-corrected chi connectivity index (χ3v) is 2.92. The standard InChI is InChI=1S/C15H14N4O2/c16-12-6-1-2-7-13(12)21-9-14-17-15(19-18-14)10-4-3-5-11(20)8-10/h1-8,20H,9,16H2,(H,17,18,19). The lowest BCUT2D eigenvalue weighted by Crippen LogP contribution is -2.00. The molecular weight excluding hydrogens is 268 g/mol. The minimum atomic E-state index is 0.173. The molecule has 0 bridgehead atoms. The maximum absolute atomic E-state index is 9.46. The summed E-state index contributed by atoms with van der Waals surface area (Å²) in [5, 5.41) is 16.4. The molecule has 6 nitrogen and oxygen atoms in total. The molecule has 4 N–H and O–H groups in total. The largest absolute Gasteiger partial charge is 0.508 e. The van der Waals surface area contributed by atoms with E-state index < -0.39 is 0 Å². The van der Waals surface area contributed by atoms with Crippen molar-refractivity contribution in [3.8, 4) is 22.9 Å². The van der Waals surface area contributed by atoms with Crippen LogP contribution in [0.1, 0.15) is 5.82 Å². The van der Waals surface area contributed by atoms with Gasteiger partial charge in [-0.05, 0) is 24.3 Å². The van der Waals surface area contributed by atoms with E-state index in [9.17, 15) is 5.11 Å². The fourth-order valence-electron chi connectivity index (χ4n) is 1.89. The quantitative estimate of drug-likeness (QED) is 0.638. The van der Waals surface area contributed by atoms with E-state index in [-0.39, 0.29) is 12.4 Å². The number of benzene rings is 2. The van der Waals surface area contributed by atoms with E-state index in [0.717, 1.165) is 5.56 Å². The van der Waals surface area contributed by atoms with Crippen molar-refractivity contribution >= 4 is 5.69 Å². The third kappa shape index (κ3) is 2.94. The van der Waals surface area contributed by atoms with Gasteiger partial charge in [-0.2, -0.15) is 5.10 Å². The van der Waals surface area contributed by atoms with Gasteiger partial charge in [-0.1, -0.05) is 24.3 Å². The second-order valence-corrected chi connectivity index (χ2v) is 4.48. The number of nitrogens with zero attached hydrogens (tertiary/aromatic N) is 2. The fourth-order valence-corrected chi connectivity index (χ4v) is 1.89. The normalized spacial score (nSPS) is 10.5. The van der Waals surface area contributed by atoms with Crippen molar-refractivity contribution in [1.82, 2.24) is 15.2 Å². The maximum atomic E-state index is 9.46. The number of nitrogen functional groups attached to an aromatic ring is 1. The summed E-state index contributed by atoms with van der Waals surface area (Å²) in [7, 11) is 0. The number of nitrogens with one attached hydrogen (secondary N) is 1. The number of H-pyrrole nitrogens is 1. The second kappa shape index (κ2) is 5.54. The van der Waals surface area contributed by atoms with Crippen LogP contribution in [0.4, 0.5) is 5.69 Å². The van der Waals surface area contributed by atoms with Gasteiger partial charge < -0.3 is 15.6 Å². The Morgan fingerprint density at radius 1 is 1.14 bits per heavy atom. The Bertz CT molecular complexity index is 755. The second-order valence-electron chi connectivity index (χ2n) is 4.48. The van der Waals surface area contributed by atoms with Crippen molar-refractivity contribution < 1.29 is 9.84 Å². The SMILES string of the molecule is Nc1ccccc1OCc1nc(-c2cccc(O)c2)n[nH]1. The zero-order valence-electron chi connectivity index (χ0n) is 11.2. The Kier molecular flexibility index (Phi) is 3.42. The Morgan fingerprint density at radius 3 is 2.81 bits per heavy atom. The predicted molar refractivity (Wildman–Crippen MR) is 78.7 cm³/mol. The number of aromatic hydroxyl groups is 1. The molecule has 3 aromatic rings. The van der Waals surface area contributed by atoms with E-state index >= 15 is 0 Å². The third-order valence-electron chi connectivity index (χ3n) is 2.92. The molecular formula is C15H14N4O2. The summed E-state index contributed by atoms with van der Waals surface area (Å²) in [6.07, 6.45) is 0. The van der Waals surface area contributed by atoms with Crippen LogP contribution in [0.2, 0.25) is 0 Å². The smallest absolute Gasteiger partial charge is 0.181 e. The Morgan fingerprint density at radius 2 is 2.00 bits per heavy atom. The molecule has 0 saturated carbocycles. The summed E-state index contributed by atoms with van der Waals surface area (Å²) >= 11 is 0. The molecule has 21 heavy (non-hydrogen) atoms. The van der Waals surface area contributed by atoms with Crippen molar-refractivity contribution in [3.63, 3.8) is 0 Å². The van der Waals surface area contributed by atoms with Crippen LogP contribution in [0.5, 0.6) is 11.5 Å². The minimum absolute atomic E-state index is 0.173. The molecule has 0 radical (unpaired) electrons. The number of aromatic amines is 1.